The highest BCUT2D eigenvalue weighted by molar-refractivity contribution is 6.30. The minimum atomic E-state index is -0.459. The van der Waals surface area contributed by atoms with Gasteiger partial charge in [-0.1, -0.05) is 11.6 Å². The minimum absolute atomic E-state index is 0.278. The summed E-state index contributed by atoms with van der Waals surface area (Å²) in [7, 11) is 1.59. The van der Waals surface area contributed by atoms with Crippen LogP contribution >= 0.6 is 11.6 Å². The van der Waals surface area contributed by atoms with Gasteiger partial charge in [0.25, 0.3) is 0 Å². The van der Waals surface area contributed by atoms with Crippen LogP contribution in [0.15, 0.2) is 36.7 Å². The van der Waals surface area contributed by atoms with E-state index in [1.54, 1.807) is 19.2 Å². The Morgan fingerprint density at radius 2 is 2.00 bits per heavy atom. The third kappa shape index (κ3) is 4.74. The molecule has 0 spiro atoms. The van der Waals surface area contributed by atoms with Crippen molar-refractivity contribution in [1.29, 1.82) is 0 Å². The van der Waals surface area contributed by atoms with Crippen molar-refractivity contribution in [3.8, 4) is 11.5 Å². The van der Waals surface area contributed by atoms with Gasteiger partial charge in [-0.05, 0) is 62.5 Å². The molecule has 0 amide bonds. The van der Waals surface area contributed by atoms with E-state index in [2.05, 4.69) is 20.6 Å². The number of benzene rings is 2. The molecule has 2 N–H and O–H groups in total. The molecule has 4 rings (SSSR count). The van der Waals surface area contributed by atoms with Crippen molar-refractivity contribution in [2.45, 2.75) is 19.3 Å². The summed E-state index contributed by atoms with van der Waals surface area (Å²) in [6.07, 6.45) is 4.81. The van der Waals surface area contributed by atoms with Crippen molar-refractivity contribution in [2.24, 2.45) is 5.92 Å². The van der Waals surface area contributed by atoms with Gasteiger partial charge in [-0.25, -0.2) is 14.4 Å². The lowest BCUT2D eigenvalue weighted by Gasteiger charge is -2.22. The maximum atomic E-state index is 14.2. The second-order valence-electron chi connectivity index (χ2n) is 7.32. The molecule has 2 aromatic carbocycles. The van der Waals surface area contributed by atoms with E-state index in [9.17, 15) is 4.39 Å². The number of rotatable bonds is 7. The first kappa shape index (κ1) is 20.6. The molecule has 30 heavy (non-hydrogen) atoms. The summed E-state index contributed by atoms with van der Waals surface area (Å²) in [6, 6.07) is 8.08. The SMILES string of the molecule is COc1cc2c(Nc3ccc(Cl)cc3F)ncnc2cc1OCCC1CCNCC1. The van der Waals surface area contributed by atoms with E-state index >= 15 is 0 Å². The van der Waals surface area contributed by atoms with Crippen molar-refractivity contribution < 1.29 is 13.9 Å². The fourth-order valence-corrected chi connectivity index (χ4v) is 3.82. The fourth-order valence-electron chi connectivity index (χ4n) is 3.66. The molecular weight excluding hydrogens is 407 g/mol. The molecule has 0 saturated carbocycles. The maximum Gasteiger partial charge on any atom is 0.163 e. The molecule has 8 heteroatoms. The Kier molecular flexibility index (Phi) is 6.50. The third-order valence-electron chi connectivity index (χ3n) is 5.35. The molecule has 0 aliphatic carbocycles. The molecule has 1 aliphatic heterocycles. The summed E-state index contributed by atoms with van der Waals surface area (Å²) >= 11 is 5.84. The average molecular weight is 431 g/mol. The highest BCUT2D eigenvalue weighted by atomic mass is 35.5. The van der Waals surface area contributed by atoms with Crippen LogP contribution in [0.3, 0.4) is 0 Å². The zero-order valence-corrected chi connectivity index (χ0v) is 17.5. The van der Waals surface area contributed by atoms with Crippen LogP contribution in [-0.4, -0.2) is 36.8 Å². The first-order chi connectivity index (χ1) is 14.6. The molecule has 1 fully saturated rings. The van der Waals surface area contributed by atoms with Gasteiger partial charge in [-0.15, -0.1) is 0 Å². The van der Waals surface area contributed by atoms with Crippen molar-refractivity contribution in [3.05, 3.63) is 47.5 Å². The van der Waals surface area contributed by atoms with Gasteiger partial charge >= 0.3 is 0 Å². The van der Waals surface area contributed by atoms with Crippen molar-refractivity contribution in [1.82, 2.24) is 15.3 Å². The van der Waals surface area contributed by atoms with E-state index in [4.69, 9.17) is 21.1 Å². The summed E-state index contributed by atoms with van der Waals surface area (Å²) < 4.78 is 25.8. The number of nitrogens with zero attached hydrogens (tertiary/aromatic N) is 2. The molecule has 3 aromatic rings. The monoisotopic (exact) mass is 430 g/mol. The number of methoxy groups -OCH3 is 1. The standard InChI is InChI=1S/C22H24ClFN4O2/c1-29-20-11-16-19(12-21(20)30-9-6-14-4-7-25-8-5-14)26-13-27-22(16)28-18-3-2-15(23)10-17(18)24/h2-3,10-14,25H,4-9H2,1H3,(H,26,27,28). The quantitative estimate of drug-likeness (QED) is 0.553. The average Bonchev–Trinajstić information content (AvgIpc) is 2.76. The Morgan fingerprint density at radius 1 is 1.17 bits per heavy atom. The highest BCUT2D eigenvalue weighted by Gasteiger charge is 2.16. The van der Waals surface area contributed by atoms with Crippen molar-refractivity contribution >= 4 is 34.0 Å². The van der Waals surface area contributed by atoms with Crippen molar-refractivity contribution in [2.75, 3.05) is 32.1 Å². The van der Waals surface area contributed by atoms with Crippen LogP contribution in [0.2, 0.25) is 5.02 Å². The molecule has 0 radical (unpaired) electrons. The number of nitrogens with one attached hydrogen (secondary N) is 2. The number of hydrogen-bond acceptors (Lipinski definition) is 6. The first-order valence-electron chi connectivity index (χ1n) is 10.0. The topological polar surface area (TPSA) is 68.3 Å². The van der Waals surface area contributed by atoms with Gasteiger partial charge in [-0.3, -0.25) is 0 Å². The molecule has 0 unspecified atom stereocenters. The van der Waals surface area contributed by atoms with Gasteiger partial charge in [0, 0.05) is 16.5 Å². The Hall–Kier alpha value is -2.64. The predicted octanol–water partition coefficient (Wildman–Crippen LogP) is 4.94. The second-order valence-corrected chi connectivity index (χ2v) is 7.76. The Bertz CT molecular complexity index is 1030. The van der Waals surface area contributed by atoms with Gasteiger partial charge in [-0.2, -0.15) is 0 Å². The molecule has 0 bridgehead atoms. The molecule has 158 valence electrons. The molecule has 2 heterocycles. The van der Waals surface area contributed by atoms with E-state index in [0.717, 1.165) is 19.5 Å². The van der Waals surface area contributed by atoms with E-state index in [1.165, 1.54) is 25.2 Å². The Morgan fingerprint density at radius 3 is 2.77 bits per heavy atom. The minimum Gasteiger partial charge on any atom is -0.493 e. The Balaban J connectivity index is 1.55. The summed E-state index contributed by atoms with van der Waals surface area (Å²) in [6.45, 7) is 2.77. The predicted molar refractivity (Wildman–Crippen MR) is 116 cm³/mol. The Labute approximate surface area is 179 Å². The second kappa shape index (κ2) is 9.45. The third-order valence-corrected chi connectivity index (χ3v) is 5.58. The van der Waals surface area contributed by atoms with Crippen LogP contribution in [-0.2, 0) is 0 Å². The number of halogens is 2. The van der Waals surface area contributed by atoms with Gasteiger partial charge in [0.15, 0.2) is 11.5 Å². The fraction of sp³-hybridized carbons (Fsp3) is 0.364. The number of anilines is 2. The number of hydrogen-bond donors (Lipinski definition) is 2. The molecule has 0 atom stereocenters. The summed E-state index contributed by atoms with van der Waals surface area (Å²) in [5.74, 6) is 1.92. The molecular formula is C22H24ClFN4O2. The van der Waals surface area contributed by atoms with E-state index in [1.807, 2.05) is 12.1 Å². The lowest BCUT2D eigenvalue weighted by Crippen LogP contribution is -2.28. The van der Waals surface area contributed by atoms with Crippen LogP contribution in [0.25, 0.3) is 10.9 Å². The highest BCUT2D eigenvalue weighted by Crippen LogP contribution is 2.35. The number of piperidine rings is 1. The maximum absolute atomic E-state index is 14.2. The summed E-state index contributed by atoms with van der Waals surface area (Å²) in [4.78, 5) is 8.61. The zero-order chi connectivity index (χ0) is 20.9. The molecule has 1 saturated heterocycles. The van der Waals surface area contributed by atoms with Crippen LogP contribution in [0.4, 0.5) is 15.9 Å². The molecule has 1 aromatic heterocycles. The number of ether oxygens (including phenoxy) is 2. The number of aromatic nitrogens is 2. The number of fused-ring (bicyclic) bond motifs is 1. The van der Waals surface area contributed by atoms with E-state index < -0.39 is 5.82 Å². The zero-order valence-electron chi connectivity index (χ0n) is 16.8. The largest absolute Gasteiger partial charge is 0.493 e. The first-order valence-corrected chi connectivity index (χ1v) is 10.4. The molecule has 6 nitrogen and oxygen atoms in total. The van der Waals surface area contributed by atoms with Gasteiger partial charge in [0.05, 0.1) is 24.9 Å². The summed E-state index contributed by atoms with van der Waals surface area (Å²) in [5.41, 5.74) is 0.959. The van der Waals surface area contributed by atoms with Gasteiger partial charge in [0.2, 0.25) is 0 Å². The van der Waals surface area contributed by atoms with Gasteiger partial charge in [0.1, 0.15) is 18.0 Å². The van der Waals surface area contributed by atoms with E-state index in [0.29, 0.717) is 45.8 Å². The van der Waals surface area contributed by atoms with Gasteiger partial charge < -0.3 is 20.1 Å². The van der Waals surface area contributed by atoms with E-state index in [-0.39, 0.29) is 5.69 Å². The smallest absolute Gasteiger partial charge is 0.163 e. The van der Waals surface area contributed by atoms with Crippen molar-refractivity contribution in [3.63, 3.8) is 0 Å². The van der Waals surface area contributed by atoms with Crippen LogP contribution in [0.5, 0.6) is 11.5 Å². The van der Waals surface area contributed by atoms with Crippen LogP contribution < -0.4 is 20.1 Å². The lowest BCUT2D eigenvalue weighted by molar-refractivity contribution is 0.243. The normalized spacial score (nSPS) is 14.6. The lowest BCUT2D eigenvalue weighted by atomic mass is 9.95. The van der Waals surface area contributed by atoms with Crippen LogP contribution in [0.1, 0.15) is 19.3 Å². The summed E-state index contributed by atoms with van der Waals surface area (Å²) in [5, 5.41) is 7.43. The van der Waals surface area contributed by atoms with Crippen LogP contribution in [0, 0.1) is 11.7 Å². The molecule has 1 aliphatic rings.